The van der Waals surface area contributed by atoms with E-state index < -0.39 is 0 Å². The molecule has 102 valence electrons. The van der Waals surface area contributed by atoms with Crippen molar-refractivity contribution in [3.8, 4) is 0 Å². The quantitative estimate of drug-likeness (QED) is 0.896. The fourth-order valence-corrected chi connectivity index (χ4v) is 3.17. The Morgan fingerprint density at radius 3 is 2.74 bits per heavy atom. The van der Waals surface area contributed by atoms with Gasteiger partial charge < -0.3 is 9.88 Å². The van der Waals surface area contributed by atoms with E-state index in [4.69, 9.17) is 4.98 Å². The monoisotopic (exact) mass is 257 g/mol. The van der Waals surface area contributed by atoms with Crippen LogP contribution >= 0.6 is 0 Å². The number of fused-ring (bicyclic) bond motifs is 1. The van der Waals surface area contributed by atoms with Gasteiger partial charge in [0.25, 0.3) is 0 Å². The van der Waals surface area contributed by atoms with Crippen LogP contribution in [-0.2, 0) is 13.5 Å². The summed E-state index contributed by atoms with van der Waals surface area (Å²) in [4.78, 5) is 4.85. The summed E-state index contributed by atoms with van der Waals surface area (Å²) >= 11 is 0. The third kappa shape index (κ3) is 2.27. The molecule has 3 nitrogen and oxygen atoms in total. The molecule has 0 amide bonds. The topological polar surface area (TPSA) is 29.9 Å². The van der Waals surface area contributed by atoms with Crippen LogP contribution in [0.3, 0.4) is 0 Å². The minimum absolute atomic E-state index is 0.790. The summed E-state index contributed by atoms with van der Waals surface area (Å²) in [6.45, 7) is 6.70. The van der Waals surface area contributed by atoms with E-state index in [1.54, 1.807) is 0 Å². The predicted molar refractivity (Wildman–Crippen MR) is 79.5 cm³/mol. The van der Waals surface area contributed by atoms with Crippen LogP contribution < -0.4 is 5.32 Å². The number of piperidine rings is 1. The number of nitrogens with one attached hydrogen (secondary N) is 1. The van der Waals surface area contributed by atoms with Crippen molar-refractivity contribution in [3.05, 3.63) is 29.1 Å². The van der Waals surface area contributed by atoms with Gasteiger partial charge in [0, 0.05) is 13.5 Å². The van der Waals surface area contributed by atoms with Crippen molar-refractivity contribution in [2.75, 3.05) is 13.1 Å². The molecular weight excluding hydrogens is 234 g/mol. The van der Waals surface area contributed by atoms with Gasteiger partial charge in [-0.1, -0.05) is 6.07 Å². The molecule has 1 N–H and O–H groups in total. The van der Waals surface area contributed by atoms with Gasteiger partial charge >= 0.3 is 0 Å². The van der Waals surface area contributed by atoms with E-state index in [1.807, 2.05) is 0 Å². The minimum atomic E-state index is 0.790. The maximum Gasteiger partial charge on any atom is 0.109 e. The fourth-order valence-electron chi connectivity index (χ4n) is 3.17. The number of aromatic nitrogens is 2. The van der Waals surface area contributed by atoms with Crippen LogP contribution in [0.4, 0.5) is 0 Å². The lowest BCUT2D eigenvalue weighted by Gasteiger charge is -2.22. The van der Waals surface area contributed by atoms with Gasteiger partial charge in [-0.05, 0) is 62.9 Å². The SMILES string of the molecule is Cc1ccc2nc(CC3CCNCC3)n(C)c2c1C. The molecule has 2 aromatic rings. The largest absolute Gasteiger partial charge is 0.331 e. The molecule has 3 heteroatoms. The molecule has 0 spiro atoms. The smallest absolute Gasteiger partial charge is 0.109 e. The van der Waals surface area contributed by atoms with Gasteiger partial charge in [0.05, 0.1) is 11.0 Å². The Labute approximate surface area is 115 Å². The van der Waals surface area contributed by atoms with Crippen LogP contribution in [0.5, 0.6) is 0 Å². The van der Waals surface area contributed by atoms with Gasteiger partial charge in [-0.25, -0.2) is 4.98 Å². The molecule has 1 saturated heterocycles. The molecule has 1 aromatic heterocycles. The highest BCUT2D eigenvalue weighted by Gasteiger charge is 2.18. The molecule has 1 aliphatic rings. The summed E-state index contributed by atoms with van der Waals surface area (Å²) in [5.74, 6) is 2.04. The van der Waals surface area contributed by atoms with E-state index in [9.17, 15) is 0 Å². The Kier molecular flexibility index (Phi) is 3.31. The first-order chi connectivity index (χ1) is 9.16. The maximum atomic E-state index is 4.85. The molecular formula is C16H23N3. The van der Waals surface area contributed by atoms with Crippen molar-refractivity contribution in [1.82, 2.24) is 14.9 Å². The summed E-state index contributed by atoms with van der Waals surface area (Å²) < 4.78 is 2.31. The first-order valence-electron chi connectivity index (χ1n) is 7.29. The van der Waals surface area contributed by atoms with Crippen molar-refractivity contribution < 1.29 is 0 Å². The number of hydrogen-bond donors (Lipinski definition) is 1. The first kappa shape index (κ1) is 12.7. The third-order valence-electron chi connectivity index (χ3n) is 4.58. The fraction of sp³-hybridized carbons (Fsp3) is 0.562. The Morgan fingerprint density at radius 1 is 1.26 bits per heavy atom. The predicted octanol–water partition coefficient (Wildman–Crippen LogP) is 2.73. The average molecular weight is 257 g/mol. The van der Waals surface area contributed by atoms with Crippen molar-refractivity contribution in [3.63, 3.8) is 0 Å². The molecule has 2 heterocycles. The Morgan fingerprint density at radius 2 is 2.00 bits per heavy atom. The van der Waals surface area contributed by atoms with Crippen molar-refractivity contribution in [2.24, 2.45) is 13.0 Å². The number of nitrogens with zero attached hydrogens (tertiary/aromatic N) is 2. The van der Waals surface area contributed by atoms with E-state index >= 15 is 0 Å². The summed E-state index contributed by atoms with van der Waals surface area (Å²) in [6.07, 6.45) is 3.67. The van der Waals surface area contributed by atoms with E-state index in [1.165, 1.54) is 35.3 Å². The van der Waals surface area contributed by atoms with E-state index in [2.05, 4.69) is 42.9 Å². The molecule has 19 heavy (non-hydrogen) atoms. The Hall–Kier alpha value is -1.35. The van der Waals surface area contributed by atoms with Crippen molar-refractivity contribution in [2.45, 2.75) is 33.1 Å². The van der Waals surface area contributed by atoms with Gasteiger partial charge in [-0.15, -0.1) is 0 Å². The first-order valence-corrected chi connectivity index (χ1v) is 7.29. The zero-order valence-corrected chi connectivity index (χ0v) is 12.2. The lowest BCUT2D eigenvalue weighted by Crippen LogP contribution is -2.29. The number of imidazole rings is 1. The summed E-state index contributed by atoms with van der Waals surface area (Å²) in [5.41, 5.74) is 5.17. The van der Waals surface area contributed by atoms with E-state index in [0.29, 0.717) is 0 Å². The molecule has 0 bridgehead atoms. The third-order valence-corrected chi connectivity index (χ3v) is 4.58. The second-order valence-electron chi connectivity index (χ2n) is 5.86. The molecule has 0 saturated carbocycles. The highest BCUT2D eigenvalue weighted by Crippen LogP contribution is 2.24. The molecule has 0 unspecified atom stereocenters. The highest BCUT2D eigenvalue weighted by molar-refractivity contribution is 5.80. The molecule has 3 rings (SSSR count). The summed E-state index contributed by atoms with van der Waals surface area (Å²) in [7, 11) is 2.16. The number of rotatable bonds is 2. The van der Waals surface area contributed by atoms with Gasteiger partial charge in [-0.2, -0.15) is 0 Å². The summed E-state index contributed by atoms with van der Waals surface area (Å²) in [6, 6.07) is 4.34. The van der Waals surface area contributed by atoms with Crippen LogP contribution in [0.25, 0.3) is 11.0 Å². The van der Waals surface area contributed by atoms with Crippen LogP contribution in [-0.4, -0.2) is 22.6 Å². The van der Waals surface area contributed by atoms with Gasteiger partial charge in [0.15, 0.2) is 0 Å². The molecule has 1 aliphatic heterocycles. The lowest BCUT2D eigenvalue weighted by atomic mass is 9.94. The number of aryl methyl sites for hydroxylation is 3. The molecule has 0 atom stereocenters. The molecule has 1 aromatic carbocycles. The zero-order chi connectivity index (χ0) is 13.4. The van der Waals surface area contributed by atoms with Gasteiger partial charge in [0.2, 0.25) is 0 Å². The average Bonchev–Trinajstić information content (AvgIpc) is 2.73. The van der Waals surface area contributed by atoms with Gasteiger partial charge in [-0.3, -0.25) is 0 Å². The Bertz CT molecular complexity index is 592. The van der Waals surface area contributed by atoms with Crippen LogP contribution in [0.2, 0.25) is 0 Å². The van der Waals surface area contributed by atoms with E-state index in [0.717, 1.165) is 30.9 Å². The Balaban J connectivity index is 1.96. The second-order valence-corrected chi connectivity index (χ2v) is 5.86. The highest BCUT2D eigenvalue weighted by atomic mass is 15.1. The maximum absolute atomic E-state index is 4.85. The number of hydrogen-bond acceptors (Lipinski definition) is 2. The molecule has 0 radical (unpaired) electrons. The van der Waals surface area contributed by atoms with Crippen LogP contribution in [0, 0.1) is 19.8 Å². The number of benzene rings is 1. The van der Waals surface area contributed by atoms with Gasteiger partial charge in [0.1, 0.15) is 5.82 Å². The molecule has 0 aliphatic carbocycles. The zero-order valence-electron chi connectivity index (χ0n) is 12.2. The minimum Gasteiger partial charge on any atom is -0.331 e. The summed E-state index contributed by atoms with van der Waals surface area (Å²) in [5, 5.41) is 3.43. The van der Waals surface area contributed by atoms with Crippen molar-refractivity contribution >= 4 is 11.0 Å². The standard InChI is InChI=1S/C16H23N3/c1-11-4-5-14-16(12(11)2)19(3)15(18-14)10-13-6-8-17-9-7-13/h4-5,13,17H,6-10H2,1-3H3. The second kappa shape index (κ2) is 4.97. The lowest BCUT2D eigenvalue weighted by molar-refractivity contribution is 0.365. The normalized spacial score (nSPS) is 17.2. The molecule has 1 fully saturated rings. The van der Waals surface area contributed by atoms with Crippen LogP contribution in [0.1, 0.15) is 29.8 Å². The van der Waals surface area contributed by atoms with Crippen LogP contribution in [0.15, 0.2) is 12.1 Å². The van der Waals surface area contributed by atoms with E-state index in [-0.39, 0.29) is 0 Å². The van der Waals surface area contributed by atoms with Crippen molar-refractivity contribution in [1.29, 1.82) is 0 Å².